The van der Waals surface area contributed by atoms with Gasteiger partial charge in [-0.3, -0.25) is 4.79 Å². The van der Waals surface area contributed by atoms with E-state index < -0.39 is 0 Å². The van der Waals surface area contributed by atoms with Gasteiger partial charge in [0.2, 0.25) is 0 Å². The van der Waals surface area contributed by atoms with Crippen LogP contribution in [0.1, 0.15) is 36.7 Å². The van der Waals surface area contributed by atoms with Gasteiger partial charge in [-0.25, -0.2) is 0 Å². The standard InChI is InChI=1S/C14H20BrNO/c1-10-6-11(8-12(15)7-10)13(17)16(5)9-14(2,3)4/h6-8H,9H2,1-5H3. The zero-order chi connectivity index (χ0) is 13.2. The molecule has 2 nitrogen and oxygen atoms in total. The van der Waals surface area contributed by atoms with Gasteiger partial charge in [-0.15, -0.1) is 0 Å². The predicted molar refractivity (Wildman–Crippen MR) is 75.3 cm³/mol. The van der Waals surface area contributed by atoms with Gasteiger partial charge in [0, 0.05) is 23.6 Å². The molecule has 0 aromatic heterocycles. The molecule has 1 aromatic rings. The van der Waals surface area contributed by atoms with E-state index in [-0.39, 0.29) is 11.3 Å². The van der Waals surface area contributed by atoms with E-state index in [0.717, 1.165) is 22.1 Å². The van der Waals surface area contributed by atoms with Gasteiger partial charge < -0.3 is 4.90 Å². The normalized spacial score (nSPS) is 11.4. The quantitative estimate of drug-likeness (QED) is 0.811. The molecular weight excluding hydrogens is 278 g/mol. The van der Waals surface area contributed by atoms with Gasteiger partial charge in [-0.1, -0.05) is 36.7 Å². The molecule has 3 heteroatoms. The van der Waals surface area contributed by atoms with E-state index in [0.29, 0.717) is 0 Å². The molecule has 94 valence electrons. The number of aryl methyl sites for hydroxylation is 1. The zero-order valence-corrected chi connectivity index (χ0v) is 12.8. The van der Waals surface area contributed by atoms with E-state index in [1.54, 1.807) is 4.90 Å². The second-order valence-electron chi connectivity index (χ2n) is 5.74. The third kappa shape index (κ3) is 4.50. The molecule has 17 heavy (non-hydrogen) atoms. The number of amides is 1. The first-order chi connectivity index (χ1) is 7.69. The molecule has 1 rings (SSSR count). The molecule has 0 saturated heterocycles. The average molecular weight is 298 g/mol. The fourth-order valence-electron chi connectivity index (χ4n) is 1.86. The van der Waals surface area contributed by atoms with E-state index >= 15 is 0 Å². The molecule has 0 fully saturated rings. The number of carbonyl (C=O) groups is 1. The van der Waals surface area contributed by atoms with Crippen molar-refractivity contribution in [2.24, 2.45) is 5.41 Å². The number of rotatable bonds is 2. The molecule has 0 saturated carbocycles. The lowest BCUT2D eigenvalue weighted by Gasteiger charge is -2.26. The lowest BCUT2D eigenvalue weighted by Crippen LogP contribution is -2.34. The first kappa shape index (κ1) is 14.2. The molecular formula is C14H20BrNO. The number of benzene rings is 1. The second-order valence-corrected chi connectivity index (χ2v) is 6.65. The number of halogens is 1. The van der Waals surface area contributed by atoms with E-state index in [4.69, 9.17) is 0 Å². The number of carbonyl (C=O) groups excluding carboxylic acids is 1. The topological polar surface area (TPSA) is 20.3 Å². The molecule has 1 amide bonds. The molecule has 0 bridgehead atoms. The van der Waals surface area contributed by atoms with Gasteiger partial charge in [0.1, 0.15) is 0 Å². The van der Waals surface area contributed by atoms with Crippen molar-refractivity contribution in [3.8, 4) is 0 Å². The highest BCUT2D eigenvalue weighted by Gasteiger charge is 2.19. The van der Waals surface area contributed by atoms with Gasteiger partial charge in [0.15, 0.2) is 0 Å². The van der Waals surface area contributed by atoms with Crippen LogP contribution in [0.4, 0.5) is 0 Å². The van der Waals surface area contributed by atoms with Crippen molar-refractivity contribution in [1.82, 2.24) is 4.90 Å². The van der Waals surface area contributed by atoms with Crippen molar-refractivity contribution in [2.75, 3.05) is 13.6 Å². The summed E-state index contributed by atoms with van der Waals surface area (Å²) >= 11 is 3.42. The number of hydrogen-bond donors (Lipinski definition) is 0. The highest BCUT2D eigenvalue weighted by Crippen LogP contribution is 2.19. The van der Waals surface area contributed by atoms with Crippen LogP contribution in [-0.4, -0.2) is 24.4 Å². The van der Waals surface area contributed by atoms with E-state index in [9.17, 15) is 4.79 Å². The largest absolute Gasteiger partial charge is 0.341 e. The SMILES string of the molecule is Cc1cc(Br)cc(C(=O)N(C)CC(C)(C)C)c1. The van der Waals surface area contributed by atoms with E-state index in [1.165, 1.54) is 0 Å². The van der Waals surface area contributed by atoms with Crippen molar-refractivity contribution < 1.29 is 4.79 Å². The van der Waals surface area contributed by atoms with E-state index in [1.807, 2.05) is 32.2 Å². The predicted octanol–water partition coefficient (Wildman–Crippen LogP) is 3.88. The molecule has 0 aliphatic carbocycles. The Kier molecular flexibility index (Phi) is 4.36. The molecule has 0 spiro atoms. The van der Waals surface area contributed by atoms with Gasteiger partial charge in [0.25, 0.3) is 5.91 Å². The monoisotopic (exact) mass is 297 g/mol. The maximum Gasteiger partial charge on any atom is 0.253 e. The van der Waals surface area contributed by atoms with Crippen molar-refractivity contribution in [3.05, 3.63) is 33.8 Å². The lowest BCUT2D eigenvalue weighted by atomic mass is 9.96. The maximum atomic E-state index is 12.2. The van der Waals surface area contributed by atoms with Crippen molar-refractivity contribution >= 4 is 21.8 Å². The summed E-state index contributed by atoms with van der Waals surface area (Å²) in [5.41, 5.74) is 1.95. The van der Waals surface area contributed by atoms with Crippen LogP contribution >= 0.6 is 15.9 Å². The second kappa shape index (κ2) is 5.21. The summed E-state index contributed by atoms with van der Waals surface area (Å²) in [6.45, 7) is 9.12. The summed E-state index contributed by atoms with van der Waals surface area (Å²) in [6, 6.07) is 5.79. The lowest BCUT2D eigenvalue weighted by molar-refractivity contribution is 0.0745. The van der Waals surface area contributed by atoms with Crippen molar-refractivity contribution in [2.45, 2.75) is 27.7 Å². The average Bonchev–Trinajstić information content (AvgIpc) is 2.12. The number of hydrogen-bond acceptors (Lipinski definition) is 1. The van der Waals surface area contributed by atoms with Gasteiger partial charge in [0.05, 0.1) is 0 Å². The van der Waals surface area contributed by atoms with Crippen LogP contribution in [0.25, 0.3) is 0 Å². The van der Waals surface area contributed by atoms with Crippen LogP contribution in [-0.2, 0) is 0 Å². The molecule has 0 radical (unpaired) electrons. The molecule has 0 N–H and O–H groups in total. The van der Waals surface area contributed by atoms with Crippen LogP contribution in [0.3, 0.4) is 0 Å². The summed E-state index contributed by atoms with van der Waals surface area (Å²) in [4.78, 5) is 14.0. The fraction of sp³-hybridized carbons (Fsp3) is 0.500. The van der Waals surface area contributed by atoms with Gasteiger partial charge in [-0.05, 0) is 36.1 Å². The minimum atomic E-state index is 0.0734. The molecule has 1 aromatic carbocycles. The fourth-order valence-corrected chi connectivity index (χ4v) is 2.47. The van der Waals surface area contributed by atoms with Crippen LogP contribution in [0.5, 0.6) is 0 Å². The summed E-state index contributed by atoms with van der Waals surface area (Å²) in [6.07, 6.45) is 0. The zero-order valence-electron chi connectivity index (χ0n) is 11.2. The molecule has 0 atom stereocenters. The van der Waals surface area contributed by atoms with Crippen LogP contribution in [0.2, 0.25) is 0 Å². The molecule has 0 aliphatic rings. The summed E-state index contributed by atoms with van der Waals surface area (Å²) in [7, 11) is 1.85. The first-order valence-corrected chi connectivity index (χ1v) is 6.51. The smallest absolute Gasteiger partial charge is 0.253 e. The number of nitrogens with zero attached hydrogens (tertiary/aromatic N) is 1. The highest BCUT2D eigenvalue weighted by atomic mass is 79.9. The minimum absolute atomic E-state index is 0.0734. The van der Waals surface area contributed by atoms with Crippen LogP contribution in [0, 0.1) is 12.3 Å². The Balaban J connectivity index is 2.89. The Morgan fingerprint density at radius 2 is 1.88 bits per heavy atom. The van der Waals surface area contributed by atoms with E-state index in [2.05, 4.69) is 36.7 Å². The first-order valence-electron chi connectivity index (χ1n) is 5.72. The van der Waals surface area contributed by atoms with Gasteiger partial charge >= 0.3 is 0 Å². The van der Waals surface area contributed by atoms with Crippen LogP contribution in [0.15, 0.2) is 22.7 Å². The molecule has 0 aliphatic heterocycles. The summed E-state index contributed by atoms with van der Waals surface area (Å²) in [5.74, 6) is 0.0734. The molecule has 0 unspecified atom stereocenters. The van der Waals surface area contributed by atoms with Crippen molar-refractivity contribution in [3.63, 3.8) is 0 Å². The summed E-state index contributed by atoms with van der Waals surface area (Å²) < 4.78 is 0.949. The maximum absolute atomic E-state index is 12.2. The Bertz CT molecular complexity index is 400. The summed E-state index contributed by atoms with van der Waals surface area (Å²) in [5, 5.41) is 0. The Morgan fingerprint density at radius 1 is 1.29 bits per heavy atom. The third-order valence-corrected chi connectivity index (χ3v) is 2.81. The Morgan fingerprint density at radius 3 is 2.35 bits per heavy atom. The molecule has 0 heterocycles. The Labute approximate surface area is 112 Å². The Hall–Kier alpha value is -0.830. The third-order valence-electron chi connectivity index (χ3n) is 2.35. The minimum Gasteiger partial charge on any atom is -0.341 e. The van der Waals surface area contributed by atoms with Crippen LogP contribution < -0.4 is 0 Å². The highest BCUT2D eigenvalue weighted by molar-refractivity contribution is 9.10. The van der Waals surface area contributed by atoms with Gasteiger partial charge in [-0.2, -0.15) is 0 Å². The van der Waals surface area contributed by atoms with Crippen molar-refractivity contribution in [1.29, 1.82) is 0 Å².